The second kappa shape index (κ2) is 7.60. The van der Waals surface area contributed by atoms with E-state index in [9.17, 15) is 0 Å². The van der Waals surface area contributed by atoms with Gasteiger partial charge in [0.15, 0.2) is 0 Å². The topological polar surface area (TPSA) is 12.0 Å². The molecule has 0 bridgehead atoms. The van der Waals surface area contributed by atoms with Gasteiger partial charge in [0.1, 0.15) is 0 Å². The Bertz CT molecular complexity index is 184. The highest BCUT2D eigenvalue weighted by Gasteiger charge is 2.24. The van der Waals surface area contributed by atoms with Gasteiger partial charge in [-0.25, -0.2) is 0 Å². The molecule has 1 nitrogen and oxygen atoms in total. The molecule has 96 valence electrons. The summed E-state index contributed by atoms with van der Waals surface area (Å²) in [6.45, 7) is 9.41. The summed E-state index contributed by atoms with van der Waals surface area (Å²) in [5.74, 6) is 4.40. The highest BCUT2D eigenvalue weighted by Crippen LogP contribution is 2.29. The predicted octanol–water partition coefficient (Wildman–Crippen LogP) is 3.93. The Kier molecular flexibility index (Phi) is 6.83. The largest absolute Gasteiger partial charge is 0.311 e. The van der Waals surface area contributed by atoms with E-state index >= 15 is 0 Å². The van der Waals surface area contributed by atoms with Crippen molar-refractivity contribution in [3.05, 3.63) is 0 Å². The van der Waals surface area contributed by atoms with Crippen LogP contribution in [0.15, 0.2) is 0 Å². The van der Waals surface area contributed by atoms with Crippen LogP contribution in [0.1, 0.15) is 53.4 Å². The summed E-state index contributed by atoms with van der Waals surface area (Å²) in [5, 5.41) is 3.82. The molecule has 4 unspecified atom stereocenters. The highest BCUT2D eigenvalue weighted by molar-refractivity contribution is 7.99. The van der Waals surface area contributed by atoms with Crippen LogP contribution in [0.2, 0.25) is 0 Å². The van der Waals surface area contributed by atoms with Crippen molar-refractivity contribution in [2.24, 2.45) is 11.8 Å². The van der Waals surface area contributed by atoms with E-state index in [0.717, 1.165) is 17.9 Å². The molecule has 1 rings (SSSR count). The zero-order valence-electron chi connectivity index (χ0n) is 11.5. The summed E-state index contributed by atoms with van der Waals surface area (Å²) >= 11 is 2.06. The van der Waals surface area contributed by atoms with Gasteiger partial charge in [-0.05, 0) is 55.9 Å². The molecule has 1 aliphatic carbocycles. The van der Waals surface area contributed by atoms with E-state index in [1.165, 1.54) is 37.2 Å². The lowest BCUT2D eigenvalue weighted by atomic mass is 9.79. The summed E-state index contributed by atoms with van der Waals surface area (Å²) in [4.78, 5) is 0. The molecule has 0 aromatic carbocycles. The molecule has 0 aliphatic heterocycles. The second-order valence-electron chi connectivity index (χ2n) is 5.52. The molecule has 1 N–H and O–H groups in total. The van der Waals surface area contributed by atoms with Gasteiger partial charge in [-0.1, -0.05) is 20.8 Å². The fourth-order valence-corrected chi connectivity index (χ4v) is 3.40. The van der Waals surface area contributed by atoms with E-state index in [0.29, 0.717) is 6.04 Å². The Morgan fingerprint density at radius 1 is 1.25 bits per heavy atom. The Hall–Kier alpha value is 0.310. The Morgan fingerprint density at radius 2 is 2.00 bits per heavy atom. The molecule has 1 aliphatic rings. The maximum atomic E-state index is 3.82. The number of nitrogens with one attached hydrogen (secondary N) is 1. The SMILES string of the molecule is CCSCCC(C)NC1CCC(C)C(C)C1. The van der Waals surface area contributed by atoms with E-state index in [-0.39, 0.29) is 0 Å². The van der Waals surface area contributed by atoms with Crippen LogP contribution in [-0.2, 0) is 0 Å². The Morgan fingerprint density at radius 3 is 2.62 bits per heavy atom. The molecule has 16 heavy (non-hydrogen) atoms. The predicted molar refractivity (Wildman–Crippen MR) is 76.2 cm³/mol. The maximum Gasteiger partial charge on any atom is 0.00722 e. The Labute approximate surface area is 106 Å². The first kappa shape index (κ1) is 14.4. The fraction of sp³-hybridized carbons (Fsp3) is 1.00. The number of hydrogen-bond donors (Lipinski definition) is 1. The Balaban J connectivity index is 2.16. The molecule has 0 radical (unpaired) electrons. The minimum Gasteiger partial charge on any atom is -0.311 e. The average molecular weight is 243 g/mol. The normalized spacial score (nSPS) is 32.6. The molecule has 0 heterocycles. The van der Waals surface area contributed by atoms with Gasteiger partial charge < -0.3 is 5.32 Å². The van der Waals surface area contributed by atoms with Crippen molar-refractivity contribution in [2.75, 3.05) is 11.5 Å². The van der Waals surface area contributed by atoms with Gasteiger partial charge >= 0.3 is 0 Å². The van der Waals surface area contributed by atoms with Crippen LogP contribution >= 0.6 is 11.8 Å². The molecule has 0 saturated heterocycles. The van der Waals surface area contributed by atoms with Gasteiger partial charge in [-0.2, -0.15) is 11.8 Å². The van der Waals surface area contributed by atoms with Crippen LogP contribution in [0.4, 0.5) is 0 Å². The highest BCUT2D eigenvalue weighted by atomic mass is 32.2. The first-order valence-electron chi connectivity index (χ1n) is 6.97. The van der Waals surface area contributed by atoms with Crippen LogP contribution in [0.5, 0.6) is 0 Å². The van der Waals surface area contributed by atoms with Crippen molar-refractivity contribution < 1.29 is 0 Å². The number of rotatable bonds is 6. The molecular weight excluding hydrogens is 214 g/mol. The third kappa shape index (κ3) is 5.09. The minimum atomic E-state index is 0.699. The van der Waals surface area contributed by atoms with Crippen molar-refractivity contribution in [2.45, 2.75) is 65.5 Å². The average Bonchev–Trinajstić information content (AvgIpc) is 2.24. The van der Waals surface area contributed by atoms with Crippen LogP contribution in [0.3, 0.4) is 0 Å². The molecular formula is C14H29NS. The zero-order chi connectivity index (χ0) is 12.0. The second-order valence-corrected chi connectivity index (χ2v) is 6.91. The summed E-state index contributed by atoms with van der Waals surface area (Å²) in [7, 11) is 0. The summed E-state index contributed by atoms with van der Waals surface area (Å²) in [6, 6.07) is 1.48. The third-order valence-electron chi connectivity index (χ3n) is 4.02. The fourth-order valence-electron chi connectivity index (χ4n) is 2.59. The molecule has 0 spiro atoms. The van der Waals surface area contributed by atoms with Gasteiger partial charge in [-0.3, -0.25) is 0 Å². The summed E-state index contributed by atoms with van der Waals surface area (Å²) < 4.78 is 0. The molecule has 0 amide bonds. The standard InChI is InChI=1S/C14H29NS/c1-5-16-9-8-13(4)15-14-7-6-11(2)12(3)10-14/h11-15H,5-10H2,1-4H3. The van der Waals surface area contributed by atoms with Gasteiger partial charge in [0.2, 0.25) is 0 Å². The molecule has 0 aromatic rings. The molecule has 4 atom stereocenters. The quantitative estimate of drug-likeness (QED) is 0.709. The van der Waals surface area contributed by atoms with E-state index < -0.39 is 0 Å². The smallest absolute Gasteiger partial charge is 0.00722 e. The van der Waals surface area contributed by atoms with E-state index in [2.05, 4.69) is 44.8 Å². The molecule has 0 aromatic heterocycles. The van der Waals surface area contributed by atoms with Crippen molar-refractivity contribution in [3.63, 3.8) is 0 Å². The van der Waals surface area contributed by atoms with Gasteiger partial charge in [0.05, 0.1) is 0 Å². The van der Waals surface area contributed by atoms with Crippen molar-refractivity contribution in [3.8, 4) is 0 Å². The lowest BCUT2D eigenvalue weighted by molar-refractivity contribution is 0.216. The molecule has 1 fully saturated rings. The molecule has 1 saturated carbocycles. The van der Waals surface area contributed by atoms with E-state index in [1.807, 2.05) is 0 Å². The summed E-state index contributed by atoms with van der Waals surface area (Å²) in [6.07, 6.45) is 5.50. The lowest BCUT2D eigenvalue weighted by Crippen LogP contribution is -2.41. The van der Waals surface area contributed by atoms with Gasteiger partial charge in [-0.15, -0.1) is 0 Å². The minimum absolute atomic E-state index is 0.699. The maximum absolute atomic E-state index is 3.82. The third-order valence-corrected chi connectivity index (χ3v) is 4.95. The zero-order valence-corrected chi connectivity index (χ0v) is 12.3. The van der Waals surface area contributed by atoms with Crippen molar-refractivity contribution in [1.82, 2.24) is 5.32 Å². The lowest BCUT2D eigenvalue weighted by Gasteiger charge is -2.34. The first-order valence-corrected chi connectivity index (χ1v) is 8.12. The number of thioether (sulfide) groups is 1. The van der Waals surface area contributed by atoms with Crippen LogP contribution in [0, 0.1) is 11.8 Å². The van der Waals surface area contributed by atoms with E-state index in [1.54, 1.807) is 0 Å². The monoisotopic (exact) mass is 243 g/mol. The van der Waals surface area contributed by atoms with Crippen molar-refractivity contribution >= 4 is 11.8 Å². The van der Waals surface area contributed by atoms with Crippen molar-refractivity contribution in [1.29, 1.82) is 0 Å². The summed E-state index contributed by atoms with van der Waals surface area (Å²) in [5.41, 5.74) is 0. The van der Waals surface area contributed by atoms with E-state index in [4.69, 9.17) is 0 Å². The van der Waals surface area contributed by atoms with Crippen LogP contribution in [-0.4, -0.2) is 23.6 Å². The van der Waals surface area contributed by atoms with Gasteiger partial charge in [0, 0.05) is 12.1 Å². The van der Waals surface area contributed by atoms with Crippen LogP contribution in [0.25, 0.3) is 0 Å². The number of hydrogen-bond acceptors (Lipinski definition) is 2. The molecule has 2 heteroatoms. The first-order chi connectivity index (χ1) is 7.63. The van der Waals surface area contributed by atoms with Gasteiger partial charge in [0.25, 0.3) is 0 Å². The van der Waals surface area contributed by atoms with Crippen LogP contribution < -0.4 is 5.32 Å².